The third kappa shape index (κ3) is 4.42. The fourth-order valence-electron chi connectivity index (χ4n) is 2.42. The van der Waals surface area contributed by atoms with Crippen LogP contribution in [0.4, 0.5) is 5.69 Å². The van der Waals surface area contributed by atoms with Crippen LogP contribution in [-0.2, 0) is 11.2 Å². The number of rotatable bonds is 6. The minimum Gasteiger partial charge on any atom is -0.495 e. The average molecular weight is 353 g/mol. The molecule has 0 radical (unpaired) electrons. The number of hydrogen-bond acceptors (Lipinski definition) is 5. The first kappa shape index (κ1) is 17.1. The predicted molar refractivity (Wildman–Crippen MR) is 100 cm³/mol. The van der Waals surface area contributed by atoms with Gasteiger partial charge in [-0.25, -0.2) is 4.98 Å². The van der Waals surface area contributed by atoms with Crippen molar-refractivity contribution in [2.45, 2.75) is 19.8 Å². The Balaban J connectivity index is 1.60. The van der Waals surface area contributed by atoms with Gasteiger partial charge in [0.1, 0.15) is 10.8 Å². The quantitative estimate of drug-likeness (QED) is 0.725. The van der Waals surface area contributed by atoms with Gasteiger partial charge in [-0.05, 0) is 43.2 Å². The van der Waals surface area contributed by atoms with Gasteiger partial charge in [-0.2, -0.15) is 0 Å². The van der Waals surface area contributed by atoms with Crippen molar-refractivity contribution in [2.24, 2.45) is 0 Å². The van der Waals surface area contributed by atoms with Gasteiger partial charge >= 0.3 is 0 Å². The van der Waals surface area contributed by atoms with E-state index in [1.54, 1.807) is 30.8 Å². The van der Waals surface area contributed by atoms with E-state index in [9.17, 15) is 4.79 Å². The van der Waals surface area contributed by atoms with E-state index in [4.69, 9.17) is 4.74 Å². The van der Waals surface area contributed by atoms with Crippen molar-refractivity contribution in [1.82, 2.24) is 9.97 Å². The SMILES string of the molecule is COc1ccc(C)cc1NC(=O)CCc1csc(-c2ccncc2)n1. The van der Waals surface area contributed by atoms with Crippen LogP contribution in [-0.4, -0.2) is 23.0 Å². The summed E-state index contributed by atoms with van der Waals surface area (Å²) in [5.41, 5.74) is 3.73. The van der Waals surface area contributed by atoms with Gasteiger partial charge in [0.05, 0.1) is 18.5 Å². The highest BCUT2D eigenvalue weighted by atomic mass is 32.1. The lowest BCUT2D eigenvalue weighted by molar-refractivity contribution is -0.116. The lowest BCUT2D eigenvalue weighted by atomic mass is 10.2. The minimum atomic E-state index is -0.0534. The first-order valence-corrected chi connectivity index (χ1v) is 8.83. The van der Waals surface area contributed by atoms with Gasteiger partial charge in [-0.1, -0.05) is 6.07 Å². The van der Waals surface area contributed by atoms with Gasteiger partial charge in [0, 0.05) is 29.8 Å². The fraction of sp³-hybridized carbons (Fsp3) is 0.211. The summed E-state index contributed by atoms with van der Waals surface area (Å²) in [5, 5.41) is 5.85. The van der Waals surface area contributed by atoms with Crippen LogP contribution in [0.5, 0.6) is 5.75 Å². The molecule has 1 aromatic carbocycles. The molecule has 1 amide bonds. The van der Waals surface area contributed by atoms with E-state index in [-0.39, 0.29) is 5.91 Å². The van der Waals surface area contributed by atoms with Crippen molar-refractivity contribution >= 4 is 22.9 Å². The number of pyridine rings is 1. The van der Waals surface area contributed by atoms with Crippen LogP contribution in [0.2, 0.25) is 0 Å². The van der Waals surface area contributed by atoms with Crippen LogP contribution < -0.4 is 10.1 Å². The second kappa shape index (κ2) is 7.90. The zero-order chi connectivity index (χ0) is 17.6. The van der Waals surface area contributed by atoms with Crippen molar-refractivity contribution in [1.29, 1.82) is 0 Å². The maximum Gasteiger partial charge on any atom is 0.224 e. The molecule has 2 heterocycles. The molecule has 0 atom stereocenters. The number of carbonyl (C=O) groups excluding carboxylic acids is 1. The molecule has 0 spiro atoms. The van der Waals surface area contributed by atoms with Crippen LogP contribution in [0.15, 0.2) is 48.1 Å². The lowest BCUT2D eigenvalue weighted by Gasteiger charge is -2.10. The number of nitrogens with zero attached hydrogens (tertiary/aromatic N) is 2. The van der Waals surface area contributed by atoms with E-state index in [2.05, 4.69) is 15.3 Å². The summed E-state index contributed by atoms with van der Waals surface area (Å²) in [4.78, 5) is 20.8. The maximum absolute atomic E-state index is 12.2. The van der Waals surface area contributed by atoms with Gasteiger partial charge in [-0.3, -0.25) is 9.78 Å². The number of aryl methyl sites for hydroxylation is 2. The van der Waals surface area contributed by atoms with E-state index < -0.39 is 0 Å². The topological polar surface area (TPSA) is 64.1 Å². The molecular formula is C19H19N3O2S. The number of hydrogen-bond donors (Lipinski definition) is 1. The van der Waals surface area contributed by atoms with Crippen molar-refractivity contribution in [3.63, 3.8) is 0 Å². The first-order chi connectivity index (χ1) is 12.2. The van der Waals surface area contributed by atoms with Gasteiger partial charge in [0.25, 0.3) is 0 Å². The molecule has 0 aliphatic heterocycles. The zero-order valence-electron chi connectivity index (χ0n) is 14.2. The molecule has 0 aliphatic rings. The molecule has 0 fully saturated rings. The number of nitrogens with one attached hydrogen (secondary N) is 1. The highest BCUT2D eigenvalue weighted by Gasteiger charge is 2.10. The normalized spacial score (nSPS) is 10.5. The Bertz CT molecular complexity index is 862. The molecule has 0 saturated heterocycles. The molecule has 0 saturated carbocycles. The number of ether oxygens (including phenoxy) is 1. The molecule has 3 rings (SSSR count). The van der Waals surface area contributed by atoms with Crippen molar-refractivity contribution in [3.8, 4) is 16.3 Å². The first-order valence-electron chi connectivity index (χ1n) is 7.95. The Morgan fingerprint density at radius 1 is 1.24 bits per heavy atom. The Labute approximate surface area is 150 Å². The molecule has 0 unspecified atom stereocenters. The largest absolute Gasteiger partial charge is 0.495 e. The van der Waals surface area contributed by atoms with Gasteiger partial charge in [0.15, 0.2) is 0 Å². The van der Waals surface area contributed by atoms with Crippen molar-refractivity contribution in [3.05, 3.63) is 59.4 Å². The monoisotopic (exact) mass is 353 g/mol. The predicted octanol–water partition coefficient (Wildman–Crippen LogP) is 4.09. The summed E-state index contributed by atoms with van der Waals surface area (Å²) >= 11 is 1.58. The number of amides is 1. The molecular weight excluding hydrogens is 334 g/mol. The molecule has 2 aromatic heterocycles. The molecule has 0 bridgehead atoms. The van der Waals surface area contributed by atoms with Gasteiger partial charge in [-0.15, -0.1) is 11.3 Å². The van der Waals surface area contributed by atoms with Crippen LogP contribution in [0, 0.1) is 6.92 Å². The molecule has 5 nitrogen and oxygen atoms in total. The number of thiazole rings is 1. The summed E-state index contributed by atoms with van der Waals surface area (Å²) in [5.74, 6) is 0.606. The second-order valence-corrected chi connectivity index (χ2v) is 6.49. The van der Waals surface area contributed by atoms with E-state index in [1.165, 1.54) is 0 Å². The van der Waals surface area contributed by atoms with E-state index in [0.717, 1.165) is 21.8 Å². The number of carbonyl (C=O) groups is 1. The molecule has 1 N–H and O–H groups in total. The second-order valence-electron chi connectivity index (χ2n) is 5.63. The summed E-state index contributed by atoms with van der Waals surface area (Å²) in [6, 6.07) is 9.57. The standard InChI is InChI=1S/C19H19N3O2S/c1-13-3-5-17(24-2)16(11-13)22-18(23)6-4-15-12-25-19(21-15)14-7-9-20-10-8-14/h3,5,7-12H,4,6H2,1-2H3,(H,22,23). The van der Waals surface area contributed by atoms with Gasteiger partial charge in [0.2, 0.25) is 5.91 Å². The summed E-state index contributed by atoms with van der Waals surface area (Å²) < 4.78 is 5.29. The Hall–Kier alpha value is -2.73. The average Bonchev–Trinajstić information content (AvgIpc) is 3.10. The third-order valence-corrected chi connectivity index (χ3v) is 4.66. The molecule has 0 aliphatic carbocycles. The maximum atomic E-state index is 12.2. The Morgan fingerprint density at radius 3 is 2.80 bits per heavy atom. The van der Waals surface area contributed by atoms with Crippen LogP contribution in [0.1, 0.15) is 17.7 Å². The Morgan fingerprint density at radius 2 is 2.04 bits per heavy atom. The third-order valence-electron chi connectivity index (χ3n) is 3.72. The van der Waals surface area contributed by atoms with Crippen molar-refractivity contribution < 1.29 is 9.53 Å². The van der Waals surface area contributed by atoms with E-state index >= 15 is 0 Å². The summed E-state index contributed by atoms with van der Waals surface area (Å²) in [6.07, 6.45) is 4.47. The molecule has 128 valence electrons. The van der Waals surface area contributed by atoms with Crippen LogP contribution in [0.3, 0.4) is 0 Å². The Kier molecular flexibility index (Phi) is 5.40. The van der Waals surface area contributed by atoms with Crippen molar-refractivity contribution in [2.75, 3.05) is 12.4 Å². The number of aromatic nitrogens is 2. The highest BCUT2D eigenvalue weighted by Crippen LogP contribution is 2.26. The van der Waals surface area contributed by atoms with Gasteiger partial charge < -0.3 is 10.1 Å². The summed E-state index contributed by atoms with van der Waals surface area (Å²) in [7, 11) is 1.59. The zero-order valence-corrected chi connectivity index (χ0v) is 15.0. The molecule has 6 heteroatoms. The smallest absolute Gasteiger partial charge is 0.224 e. The van der Waals surface area contributed by atoms with Crippen LogP contribution >= 0.6 is 11.3 Å². The fourth-order valence-corrected chi connectivity index (χ4v) is 3.28. The van der Waals surface area contributed by atoms with E-state index in [1.807, 2.05) is 42.6 Å². The number of anilines is 1. The number of benzene rings is 1. The molecule has 3 aromatic rings. The summed E-state index contributed by atoms with van der Waals surface area (Å²) in [6.45, 7) is 1.98. The van der Waals surface area contributed by atoms with Crippen LogP contribution in [0.25, 0.3) is 10.6 Å². The highest BCUT2D eigenvalue weighted by molar-refractivity contribution is 7.13. The molecule has 25 heavy (non-hydrogen) atoms. The lowest BCUT2D eigenvalue weighted by Crippen LogP contribution is -2.13. The number of methoxy groups -OCH3 is 1. The minimum absolute atomic E-state index is 0.0534. The van der Waals surface area contributed by atoms with E-state index in [0.29, 0.717) is 24.3 Å².